The predicted octanol–water partition coefficient (Wildman–Crippen LogP) is 5.18. The predicted molar refractivity (Wildman–Crippen MR) is 103 cm³/mol. The van der Waals surface area contributed by atoms with Crippen molar-refractivity contribution in [3.63, 3.8) is 0 Å². The first-order valence-corrected chi connectivity index (χ1v) is 10.5. The Morgan fingerprint density at radius 3 is 2.52 bits per heavy atom. The maximum atomic E-state index is 12.3. The number of ether oxygens (including phenoxy) is 2. The molecule has 136 valence electrons. The van der Waals surface area contributed by atoms with Gasteiger partial charge >= 0.3 is 6.09 Å². The second kappa shape index (κ2) is 10.1. The molecule has 0 aromatic heterocycles. The highest BCUT2D eigenvalue weighted by Crippen LogP contribution is 2.29. The molecule has 4 nitrogen and oxygen atoms in total. The van der Waals surface area contributed by atoms with E-state index in [0.717, 1.165) is 36.8 Å². The number of amides is 1. The van der Waals surface area contributed by atoms with Gasteiger partial charge in [0, 0.05) is 17.6 Å². The van der Waals surface area contributed by atoms with Crippen molar-refractivity contribution in [2.45, 2.75) is 83.8 Å². The lowest BCUT2D eigenvalue weighted by molar-refractivity contribution is -0.0758. The van der Waals surface area contributed by atoms with Gasteiger partial charge in [-0.05, 0) is 40.0 Å². The van der Waals surface area contributed by atoms with E-state index in [4.69, 9.17) is 9.47 Å². The molecule has 0 radical (unpaired) electrons. The van der Waals surface area contributed by atoms with Crippen LogP contribution in [0.2, 0.25) is 0 Å². The summed E-state index contributed by atoms with van der Waals surface area (Å²) in [5, 5.41) is 0. The molecule has 0 aromatic carbocycles. The average Bonchev–Trinajstić information content (AvgIpc) is 2.49. The fourth-order valence-corrected chi connectivity index (χ4v) is 3.68. The number of carbonyl (C=O) groups excluding carboxylic acids is 1. The van der Waals surface area contributed by atoms with Gasteiger partial charge in [-0.1, -0.05) is 55.2 Å². The van der Waals surface area contributed by atoms with Crippen molar-refractivity contribution in [2.24, 2.45) is 0 Å². The van der Waals surface area contributed by atoms with Gasteiger partial charge in [-0.2, -0.15) is 0 Å². The van der Waals surface area contributed by atoms with Crippen LogP contribution in [0.15, 0.2) is 0 Å². The fourth-order valence-electron chi connectivity index (χ4n) is 2.84. The first-order valence-electron chi connectivity index (χ1n) is 9.00. The number of unbranched alkanes of at least 4 members (excludes halogenated alkanes) is 4. The smallest absolute Gasteiger partial charge is 0.410 e. The van der Waals surface area contributed by atoms with E-state index < -0.39 is 5.60 Å². The molecule has 5 heteroatoms. The molecular formula is C18H34INO3. The summed E-state index contributed by atoms with van der Waals surface area (Å²) < 4.78 is 12.7. The van der Waals surface area contributed by atoms with E-state index in [1.165, 1.54) is 25.7 Å². The molecule has 1 atom stereocenters. The quantitative estimate of drug-likeness (QED) is 0.297. The molecule has 23 heavy (non-hydrogen) atoms. The minimum Gasteiger partial charge on any atom is -0.444 e. The highest BCUT2D eigenvalue weighted by Gasteiger charge is 2.38. The Hall–Kier alpha value is -0.0400. The Kier molecular flexibility index (Phi) is 9.19. The fraction of sp³-hybridized carbons (Fsp3) is 0.944. The molecule has 1 amide bonds. The van der Waals surface area contributed by atoms with Crippen molar-refractivity contribution in [3.05, 3.63) is 0 Å². The minimum absolute atomic E-state index is 0.194. The van der Waals surface area contributed by atoms with Crippen LogP contribution in [0.25, 0.3) is 0 Å². The lowest BCUT2D eigenvalue weighted by Gasteiger charge is -2.42. The molecule has 0 bridgehead atoms. The van der Waals surface area contributed by atoms with Crippen molar-refractivity contribution < 1.29 is 14.3 Å². The molecule has 1 aliphatic heterocycles. The first kappa shape index (κ1) is 21.0. The lowest BCUT2D eigenvalue weighted by atomic mass is 9.95. The van der Waals surface area contributed by atoms with Crippen LogP contribution >= 0.6 is 22.6 Å². The molecule has 1 saturated heterocycles. The highest BCUT2D eigenvalue weighted by molar-refractivity contribution is 14.1. The highest BCUT2D eigenvalue weighted by atomic mass is 127. The van der Waals surface area contributed by atoms with Gasteiger partial charge in [-0.25, -0.2) is 4.79 Å². The van der Waals surface area contributed by atoms with Crippen molar-refractivity contribution >= 4 is 28.7 Å². The van der Waals surface area contributed by atoms with E-state index >= 15 is 0 Å². The Bertz CT molecular complexity index is 357. The standard InChI is InChI=1S/C18H34INO3/c1-5-6-7-8-9-13-22-18(14-19)11-10-12-20(15-18)16(21)23-17(2,3)4/h5-15H2,1-4H3. The van der Waals surface area contributed by atoms with Gasteiger partial charge in [-0.3, -0.25) is 0 Å². The third-order valence-electron chi connectivity index (χ3n) is 4.09. The molecule has 0 N–H and O–H groups in total. The zero-order chi connectivity index (χ0) is 17.3. The zero-order valence-corrected chi connectivity index (χ0v) is 17.5. The number of nitrogens with zero attached hydrogens (tertiary/aromatic N) is 1. The normalized spacial score (nSPS) is 22.2. The van der Waals surface area contributed by atoms with E-state index in [1.54, 1.807) is 0 Å². The molecule has 1 aliphatic rings. The van der Waals surface area contributed by atoms with E-state index in [9.17, 15) is 4.79 Å². The summed E-state index contributed by atoms with van der Waals surface area (Å²) in [5.41, 5.74) is -0.637. The number of piperidine rings is 1. The molecule has 1 rings (SSSR count). The topological polar surface area (TPSA) is 38.8 Å². The van der Waals surface area contributed by atoms with Gasteiger partial charge in [0.05, 0.1) is 12.1 Å². The molecular weight excluding hydrogens is 405 g/mol. The molecule has 1 heterocycles. The van der Waals surface area contributed by atoms with Crippen molar-refractivity contribution in [3.8, 4) is 0 Å². The van der Waals surface area contributed by atoms with Crippen LogP contribution in [0.1, 0.15) is 72.6 Å². The van der Waals surface area contributed by atoms with Crippen LogP contribution in [-0.4, -0.2) is 46.3 Å². The monoisotopic (exact) mass is 439 g/mol. The van der Waals surface area contributed by atoms with Crippen molar-refractivity contribution in [1.29, 1.82) is 0 Å². The zero-order valence-electron chi connectivity index (χ0n) is 15.3. The number of halogens is 1. The van der Waals surface area contributed by atoms with Crippen molar-refractivity contribution in [1.82, 2.24) is 4.90 Å². The maximum absolute atomic E-state index is 12.3. The average molecular weight is 439 g/mol. The Morgan fingerprint density at radius 1 is 1.22 bits per heavy atom. The summed E-state index contributed by atoms with van der Waals surface area (Å²) in [4.78, 5) is 14.1. The van der Waals surface area contributed by atoms with Crippen LogP contribution in [0.5, 0.6) is 0 Å². The second-order valence-electron chi connectivity index (χ2n) is 7.58. The third kappa shape index (κ3) is 8.05. The van der Waals surface area contributed by atoms with Gasteiger partial charge < -0.3 is 14.4 Å². The summed E-state index contributed by atoms with van der Waals surface area (Å²) in [6, 6.07) is 0. The van der Waals surface area contributed by atoms with Crippen LogP contribution in [-0.2, 0) is 9.47 Å². The van der Waals surface area contributed by atoms with Crippen LogP contribution in [0.4, 0.5) is 4.79 Å². The Labute approximate surface area is 155 Å². The van der Waals surface area contributed by atoms with Gasteiger partial charge in [0.2, 0.25) is 0 Å². The molecule has 0 aliphatic carbocycles. The van der Waals surface area contributed by atoms with E-state index in [1.807, 2.05) is 25.7 Å². The van der Waals surface area contributed by atoms with Crippen LogP contribution < -0.4 is 0 Å². The first-order chi connectivity index (χ1) is 10.8. The number of alkyl halides is 1. The molecule has 0 saturated carbocycles. The van der Waals surface area contributed by atoms with E-state index in [0.29, 0.717) is 6.54 Å². The number of carbonyl (C=O) groups is 1. The van der Waals surface area contributed by atoms with Crippen LogP contribution in [0, 0.1) is 0 Å². The van der Waals surface area contributed by atoms with Crippen molar-refractivity contribution in [2.75, 3.05) is 24.1 Å². The SMILES string of the molecule is CCCCCCCOC1(CI)CCCN(C(=O)OC(C)(C)C)C1. The number of hydrogen-bond acceptors (Lipinski definition) is 3. The molecule has 1 unspecified atom stereocenters. The summed E-state index contributed by atoms with van der Waals surface area (Å²) in [6.45, 7) is 10.2. The number of rotatable bonds is 8. The molecule has 0 spiro atoms. The summed E-state index contributed by atoms with van der Waals surface area (Å²) >= 11 is 2.39. The third-order valence-corrected chi connectivity index (χ3v) is 5.48. The minimum atomic E-state index is -0.443. The van der Waals surface area contributed by atoms with E-state index in [2.05, 4.69) is 29.5 Å². The largest absolute Gasteiger partial charge is 0.444 e. The summed E-state index contributed by atoms with van der Waals surface area (Å²) in [5.74, 6) is 0. The van der Waals surface area contributed by atoms with Gasteiger partial charge in [0.15, 0.2) is 0 Å². The maximum Gasteiger partial charge on any atom is 0.410 e. The lowest BCUT2D eigenvalue weighted by Crippen LogP contribution is -2.53. The summed E-state index contributed by atoms with van der Waals surface area (Å²) in [7, 11) is 0. The summed E-state index contributed by atoms with van der Waals surface area (Å²) in [6.07, 6.45) is 8.03. The van der Waals surface area contributed by atoms with E-state index in [-0.39, 0.29) is 11.7 Å². The second-order valence-corrected chi connectivity index (χ2v) is 8.35. The Balaban J connectivity index is 2.46. The number of hydrogen-bond donors (Lipinski definition) is 0. The van der Waals surface area contributed by atoms with Gasteiger partial charge in [0.1, 0.15) is 5.60 Å². The van der Waals surface area contributed by atoms with Gasteiger partial charge in [0.25, 0.3) is 0 Å². The molecule has 0 aromatic rings. The van der Waals surface area contributed by atoms with Crippen LogP contribution in [0.3, 0.4) is 0 Å². The van der Waals surface area contributed by atoms with Gasteiger partial charge in [-0.15, -0.1) is 0 Å². The molecule has 1 fully saturated rings. The Morgan fingerprint density at radius 2 is 1.91 bits per heavy atom. The number of likely N-dealkylation sites (tertiary alicyclic amines) is 1.